The average molecular weight is 328 g/mol. The monoisotopic (exact) mass is 328 g/mol. The number of aliphatic hydroxyl groups is 1. The Balaban J connectivity index is 1.67. The number of thiophene rings is 1. The number of aromatic nitrogens is 3. The molecular weight excluding hydrogens is 312 g/mol. The Bertz CT molecular complexity index is 756. The molecule has 0 aliphatic carbocycles. The highest BCUT2D eigenvalue weighted by molar-refractivity contribution is 7.09. The second kappa shape index (κ2) is 7.17. The first kappa shape index (κ1) is 15.4. The van der Waals surface area contributed by atoms with Crippen LogP contribution in [-0.2, 0) is 6.54 Å². The predicted molar refractivity (Wildman–Crippen MR) is 87.2 cm³/mol. The predicted octanol–water partition coefficient (Wildman–Crippen LogP) is 1.85. The first-order valence-corrected chi connectivity index (χ1v) is 8.03. The van der Waals surface area contributed by atoms with Crippen LogP contribution in [0.3, 0.4) is 0 Å². The first-order valence-electron chi connectivity index (χ1n) is 7.15. The van der Waals surface area contributed by atoms with Crippen molar-refractivity contribution >= 4 is 17.2 Å². The number of aliphatic hydroxyl groups excluding tert-OH is 1. The van der Waals surface area contributed by atoms with Gasteiger partial charge in [0.2, 0.25) is 0 Å². The van der Waals surface area contributed by atoms with Gasteiger partial charge in [0, 0.05) is 4.88 Å². The standard InChI is InChI=1S/C16H16N4O2S/c21-11-15(12-5-2-1-3-6-12)17-16(22)14-10-20(19-18-14)9-13-7-4-8-23-13/h1-8,10,15,21H,9,11H2,(H,17,22). The summed E-state index contributed by atoms with van der Waals surface area (Å²) in [4.78, 5) is 13.4. The highest BCUT2D eigenvalue weighted by Crippen LogP contribution is 2.13. The highest BCUT2D eigenvalue weighted by atomic mass is 32.1. The number of carbonyl (C=O) groups is 1. The molecular formula is C16H16N4O2S. The molecule has 1 aromatic carbocycles. The number of amides is 1. The third kappa shape index (κ3) is 3.82. The van der Waals surface area contributed by atoms with Gasteiger partial charge in [-0.1, -0.05) is 41.6 Å². The molecule has 0 radical (unpaired) electrons. The molecule has 0 fully saturated rings. The molecule has 6 nitrogen and oxygen atoms in total. The largest absolute Gasteiger partial charge is 0.394 e. The van der Waals surface area contributed by atoms with Gasteiger partial charge in [0.15, 0.2) is 5.69 Å². The van der Waals surface area contributed by atoms with Gasteiger partial charge in [-0.25, -0.2) is 4.68 Å². The van der Waals surface area contributed by atoms with E-state index in [2.05, 4.69) is 15.6 Å². The van der Waals surface area contributed by atoms with Gasteiger partial charge in [0.25, 0.3) is 5.91 Å². The summed E-state index contributed by atoms with van der Waals surface area (Å²) >= 11 is 1.62. The van der Waals surface area contributed by atoms with E-state index in [1.807, 2.05) is 47.8 Å². The summed E-state index contributed by atoms with van der Waals surface area (Å²) in [6, 6.07) is 12.8. The average Bonchev–Trinajstić information content (AvgIpc) is 3.25. The summed E-state index contributed by atoms with van der Waals surface area (Å²) in [6.07, 6.45) is 1.61. The summed E-state index contributed by atoms with van der Waals surface area (Å²) in [6.45, 7) is 0.402. The van der Waals surface area contributed by atoms with Gasteiger partial charge < -0.3 is 10.4 Å². The van der Waals surface area contributed by atoms with Gasteiger partial charge >= 0.3 is 0 Å². The van der Waals surface area contributed by atoms with E-state index in [4.69, 9.17) is 0 Å². The van der Waals surface area contributed by atoms with Crippen LogP contribution < -0.4 is 5.32 Å². The smallest absolute Gasteiger partial charge is 0.274 e. The van der Waals surface area contributed by atoms with E-state index in [-0.39, 0.29) is 18.2 Å². The van der Waals surface area contributed by atoms with Gasteiger partial charge in [-0.2, -0.15) is 0 Å². The van der Waals surface area contributed by atoms with E-state index in [9.17, 15) is 9.90 Å². The van der Waals surface area contributed by atoms with E-state index in [1.54, 1.807) is 22.2 Å². The zero-order valence-corrected chi connectivity index (χ0v) is 13.1. The molecule has 3 aromatic rings. The fourth-order valence-electron chi connectivity index (χ4n) is 2.19. The van der Waals surface area contributed by atoms with Crippen molar-refractivity contribution in [1.29, 1.82) is 0 Å². The van der Waals surface area contributed by atoms with Crippen molar-refractivity contribution in [3.63, 3.8) is 0 Å². The van der Waals surface area contributed by atoms with E-state index in [1.165, 1.54) is 0 Å². The van der Waals surface area contributed by atoms with Crippen LogP contribution in [0.15, 0.2) is 54.0 Å². The van der Waals surface area contributed by atoms with Gasteiger partial charge in [0.05, 0.1) is 25.4 Å². The Morgan fingerprint density at radius 1 is 1.26 bits per heavy atom. The number of nitrogens with one attached hydrogen (secondary N) is 1. The van der Waals surface area contributed by atoms with Crippen molar-refractivity contribution in [2.24, 2.45) is 0 Å². The second-order valence-electron chi connectivity index (χ2n) is 5.00. The van der Waals surface area contributed by atoms with Crippen LogP contribution in [0.1, 0.15) is 27.0 Å². The van der Waals surface area contributed by atoms with Crippen LogP contribution >= 0.6 is 11.3 Å². The maximum absolute atomic E-state index is 12.3. The molecule has 0 aliphatic rings. The minimum Gasteiger partial charge on any atom is -0.394 e. The molecule has 1 amide bonds. The van der Waals surface area contributed by atoms with Gasteiger partial charge in [0.1, 0.15) is 0 Å². The fraction of sp³-hybridized carbons (Fsp3) is 0.188. The Kier molecular flexibility index (Phi) is 4.80. The lowest BCUT2D eigenvalue weighted by Gasteiger charge is -2.15. The van der Waals surface area contributed by atoms with Crippen molar-refractivity contribution in [2.45, 2.75) is 12.6 Å². The second-order valence-corrected chi connectivity index (χ2v) is 6.03. The van der Waals surface area contributed by atoms with Crippen LogP contribution in [0.5, 0.6) is 0 Å². The van der Waals surface area contributed by atoms with E-state index in [0.29, 0.717) is 6.54 Å². The third-order valence-electron chi connectivity index (χ3n) is 3.36. The Hall–Kier alpha value is -2.51. The number of hydrogen-bond acceptors (Lipinski definition) is 5. The van der Waals surface area contributed by atoms with Gasteiger partial charge in [-0.3, -0.25) is 4.79 Å². The van der Waals surface area contributed by atoms with Gasteiger partial charge in [-0.05, 0) is 17.0 Å². The van der Waals surface area contributed by atoms with Crippen molar-refractivity contribution < 1.29 is 9.90 Å². The van der Waals surface area contributed by atoms with Crippen LogP contribution in [-0.4, -0.2) is 32.6 Å². The summed E-state index contributed by atoms with van der Waals surface area (Å²) in [5, 5.41) is 22.1. The molecule has 0 saturated carbocycles. The van der Waals surface area contributed by atoms with Crippen LogP contribution in [0.4, 0.5) is 0 Å². The number of benzene rings is 1. The molecule has 0 aliphatic heterocycles. The minimum atomic E-state index is -0.467. The molecule has 0 bridgehead atoms. The molecule has 23 heavy (non-hydrogen) atoms. The van der Waals surface area contributed by atoms with Crippen LogP contribution in [0, 0.1) is 0 Å². The van der Waals surface area contributed by atoms with Crippen molar-refractivity contribution in [3.8, 4) is 0 Å². The lowest BCUT2D eigenvalue weighted by atomic mass is 10.1. The summed E-state index contributed by atoms with van der Waals surface area (Å²) in [5.41, 5.74) is 1.07. The van der Waals surface area contributed by atoms with Crippen molar-refractivity contribution in [3.05, 3.63) is 70.2 Å². The molecule has 7 heteroatoms. The maximum atomic E-state index is 12.3. The minimum absolute atomic E-state index is 0.181. The number of rotatable bonds is 6. The molecule has 2 heterocycles. The molecule has 0 spiro atoms. The molecule has 3 rings (SSSR count). The lowest BCUT2D eigenvalue weighted by molar-refractivity contribution is 0.0911. The van der Waals surface area contributed by atoms with Crippen LogP contribution in [0.2, 0.25) is 0 Å². The van der Waals surface area contributed by atoms with E-state index in [0.717, 1.165) is 10.4 Å². The molecule has 0 saturated heterocycles. The van der Waals surface area contributed by atoms with Crippen LogP contribution in [0.25, 0.3) is 0 Å². The zero-order chi connectivity index (χ0) is 16.1. The molecule has 2 N–H and O–H groups in total. The first-order chi connectivity index (χ1) is 11.3. The molecule has 2 aromatic heterocycles. The maximum Gasteiger partial charge on any atom is 0.274 e. The van der Waals surface area contributed by atoms with E-state index >= 15 is 0 Å². The SMILES string of the molecule is O=C(NC(CO)c1ccccc1)c1cn(Cc2cccs2)nn1. The van der Waals surface area contributed by atoms with Crippen molar-refractivity contribution in [2.75, 3.05) is 6.61 Å². The number of nitrogens with zero attached hydrogens (tertiary/aromatic N) is 3. The lowest BCUT2D eigenvalue weighted by Crippen LogP contribution is -2.31. The van der Waals surface area contributed by atoms with Gasteiger partial charge in [-0.15, -0.1) is 16.4 Å². The fourth-order valence-corrected chi connectivity index (χ4v) is 2.89. The summed E-state index contributed by atoms with van der Waals surface area (Å²) < 4.78 is 1.62. The summed E-state index contributed by atoms with van der Waals surface area (Å²) in [7, 11) is 0. The Morgan fingerprint density at radius 2 is 2.09 bits per heavy atom. The zero-order valence-electron chi connectivity index (χ0n) is 12.3. The number of carbonyl (C=O) groups excluding carboxylic acids is 1. The van der Waals surface area contributed by atoms with E-state index < -0.39 is 6.04 Å². The molecule has 1 atom stereocenters. The third-order valence-corrected chi connectivity index (χ3v) is 4.22. The highest BCUT2D eigenvalue weighted by Gasteiger charge is 2.17. The molecule has 1 unspecified atom stereocenters. The number of hydrogen-bond donors (Lipinski definition) is 2. The molecule has 118 valence electrons. The quantitative estimate of drug-likeness (QED) is 0.724. The Labute approximate surface area is 137 Å². The summed E-state index contributed by atoms with van der Waals surface area (Å²) in [5.74, 6) is -0.356. The normalized spacial score (nSPS) is 12.0. The topological polar surface area (TPSA) is 80.0 Å². The Morgan fingerprint density at radius 3 is 2.78 bits per heavy atom. The van der Waals surface area contributed by atoms with Crippen molar-refractivity contribution in [1.82, 2.24) is 20.3 Å².